The molecule has 0 saturated carbocycles. The van der Waals surface area contributed by atoms with Gasteiger partial charge in [0.15, 0.2) is 6.54 Å². The molecule has 0 fully saturated rings. The van der Waals surface area contributed by atoms with Gasteiger partial charge in [-0.15, -0.1) is 4.58 Å². The Morgan fingerprint density at radius 3 is 2.70 bits per heavy atom. The fourth-order valence-electron chi connectivity index (χ4n) is 1.98. The predicted molar refractivity (Wildman–Crippen MR) is 93.8 cm³/mol. The molecule has 1 aromatic rings. The van der Waals surface area contributed by atoms with Crippen LogP contribution in [0.5, 0.6) is 0 Å². The number of amides is 1. The number of thioether (sulfide) groups is 2. The Morgan fingerprint density at radius 2 is 2.09 bits per heavy atom. The minimum atomic E-state index is -0.665. The highest BCUT2D eigenvalue weighted by atomic mass is 32.2. The van der Waals surface area contributed by atoms with Crippen molar-refractivity contribution in [2.45, 2.75) is 6.92 Å². The molecule has 0 saturated heterocycles. The Morgan fingerprint density at radius 1 is 1.35 bits per heavy atom. The maximum atomic E-state index is 13.8. The summed E-state index contributed by atoms with van der Waals surface area (Å²) in [6.45, 7) is 3.36. The highest BCUT2D eigenvalue weighted by molar-refractivity contribution is 8.40. The minimum absolute atomic E-state index is 0.128. The van der Waals surface area contributed by atoms with Gasteiger partial charge in [-0.3, -0.25) is 0 Å². The monoisotopic (exact) mass is 357 g/mol. The van der Waals surface area contributed by atoms with Crippen LogP contribution in [0.2, 0.25) is 0 Å². The molecule has 2 rings (SSSR count). The highest BCUT2D eigenvalue weighted by Gasteiger charge is 2.37. The van der Waals surface area contributed by atoms with Gasteiger partial charge in [0.2, 0.25) is 0 Å². The average Bonchev–Trinajstić information content (AvgIpc) is 2.76. The van der Waals surface area contributed by atoms with Crippen LogP contribution < -0.4 is 0 Å². The van der Waals surface area contributed by atoms with E-state index in [-0.39, 0.29) is 11.5 Å². The summed E-state index contributed by atoms with van der Waals surface area (Å²) in [4.78, 5) is 15.0. The van der Waals surface area contributed by atoms with Crippen molar-refractivity contribution >= 4 is 39.9 Å². The third-order valence-electron chi connectivity index (χ3n) is 3.16. The number of hydrogen-bond donors (Lipinski definition) is 0. The molecule has 1 aromatic carbocycles. The van der Waals surface area contributed by atoms with Gasteiger partial charge in [-0.05, 0) is 55.8 Å². The molecular formula is C16H19F2N2OS2+. The molecule has 0 aromatic heterocycles. The third kappa shape index (κ3) is 4.65. The molecule has 7 heteroatoms. The first-order valence-corrected chi connectivity index (χ1v) is 9.03. The summed E-state index contributed by atoms with van der Waals surface area (Å²) in [6.07, 6.45) is 1.49. The molecule has 23 heavy (non-hydrogen) atoms. The number of rotatable bonds is 5. The lowest BCUT2D eigenvalue weighted by molar-refractivity contribution is -0.437. The van der Waals surface area contributed by atoms with E-state index < -0.39 is 11.6 Å². The fraction of sp³-hybridized carbons (Fsp3) is 0.375. The topological polar surface area (TPSA) is 23.3 Å². The van der Waals surface area contributed by atoms with Crippen LogP contribution in [0.15, 0.2) is 23.1 Å². The second-order valence-corrected chi connectivity index (χ2v) is 7.78. The minimum Gasteiger partial charge on any atom is -0.303 e. The van der Waals surface area contributed by atoms with Crippen molar-refractivity contribution in [1.29, 1.82) is 0 Å². The Balaban J connectivity index is 2.26. The zero-order valence-corrected chi connectivity index (χ0v) is 14.9. The molecule has 0 unspecified atom stereocenters. The van der Waals surface area contributed by atoms with Crippen LogP contribution >= 0.6 is 23.5 Å². The van der Waals surface area contributed by atoms with E-state index in [9.17, 15) is 13.6 Å². The lowest BCUT2D eigenvalue weighted by atomic mass is 10.2. The zero-order valence-electron chi connectivity index (χ0n) is 13.3. The van der Waals surface area contributed by atoms with Crippen LogP contribution in [0.3, 0.4) is 0 Å². The quantitative estimate of drug-likeness (QED) is 0.596. The van der Waals surface area contributed by atoms with Crippen LogP contribution in [0.25, 0.3) is 6.08 Å². The summed E-state index contributed by atoms with van der Waals surface area (Å²) >= 11 is 2.94. The molecule has 1 heterocycles. The first-order chi connectivity index (χ1) is 10.9. The van der Waals surface area contributed by atoms with E-state index >= 15 is 0 Å². The zero-order chi connectivity index (χ0) is 17.0. The van der Waals surface area contributed by atoms with Crippen LogP contribution in [0, 0.1) is 11.6 Å². The molecule has 0 atom stereocenters. The maximum Gasteiger partial charge on any atom is 0.427 e. The van der Waals surface area contributed by atoms with Gasteiger partial charge in [0.1, 0.15) is 16.5 Å². The molecular weight excluding hydrogens is 338 g/mol. The van der Waals surface area contributed by atoms with Gasteiger partial charge in [-0.1, -0.05) is 6.92 Å². The van der Waals surface area contributed by atoms with E-state index in [0.717, 1.165) is 22.7 Å². The van der Waals surface area contributed by atoms with Gasteiger partial charge in [-0.2, -0.15) is 0 Å². The smallest absolute Gasteiger partial charge is 0.303 e. The van der Waals surface area contributed by atoms with E-state index in [2.05, 4.69) is 0 Å². The predicted octanol–water partition coefficient (Wildman–Crippen LogP) is 3.26. The van der Waals surface area contributed by atoms with Crippen molar-refractivity contribution in [2.24, 2.45) is 0 Å². The van der Waals surface area contributed by atoms with Crippen LogP contribution in [0.1, 0.15) is 12.5 Å². The van der Waals surface area contributed by atoms with Crippen molar-refractivity contribution in [2.75, 3.05) is 32.9 Å². The molecule has 1 aliphatic heterocycles. The molecule has 0 aliphatic carbocycles. The van der Waals surface area contributed by atoms with Crippen molar-refractivity contribution in [3.8, 4) is 0 Å². The van der Waals surface area contributed by atoms with E-state index in [1.807, 2.05) is 25.9 Å². The van der Waals surface area contributed by atoms with Gasteiger partial charge in [0.25, 0.3) is 4.38 Å². The van der Waals surface area contributed by atoms with Gasteiger partial charge in [0, 0.05) is 17.4 Å². The van der Waals surface area contributed by atoms with Gasteiger partial charge in [0.05, 0.1) is 6.54 Å². The lowest BCUT2D eigenvalue weighted by Crippen LogP contribution is -2.28. The van der Waals surface area contributed by atoms with Crippen LogP contribution in [-0.2, 0) is 4.79 Å². The molecule has 0 N–H and O–H groups in total. The summed E-state index contributed by atoms with van der Waals surface area (Å²) < 4.78 is 29.4. The number of nitrogens with zero attached hydrogens (tertiary/aromatic N) is 2. The van der Waals surface area contributed by atoms with Crippen molar-refractivity contribution in [3.05, 3.63) is 40.3 Å². The number of benzene rings is 1. The summed E-state index contributed by atoms with van der Waals surface area (Å²) in [5.41, 5.74) is 0.220. The summed E-state index contributed by atoms with van der Waals surface area (Å²) in [5.74, 6) is -0.568. The van der Waals surface area contributed by atoms with Crippen molar-refractivity contribution in [1.82, 2.24) is 4.90 Å². The SMILES string of the molecule is CCSC1=[N+](CCN(C)C)C(=O)/C(=C/c2ccc(F)cc2F)S1. The van der Waals surface area contributed by atoms with E-state index in [1.165, 1.54) is 30.0 Å². The molecule has 0 spiro atoms. The highest BCUT2D eigenvalue weighted by Crippen LogP contribution is 2.33. The van der Waals surface area contributed by atoms with Crippen LogP contribution in [-0.4, -0.2) is 52.7 Å². The van der Waals surface area contributed by atoms with E-state index in [0.29, 0.717) is 11.4 Å². The van der Waals surface area contributed by atoms with Gasteiger partial charge in [-0.25, -0.2) is 13.6 Å². The maximum absolute atomic E-state index is 13.8. The third-order valence-corrected chi connectivity index (χ3v) is 5.43. The summed E-state index contributed by atoms with van der Waals surface area (Å²) in [7, 11) is 3.90. The molecule has 0 radical (unpaired) electrons. The number of likely N-dealkylation sites (N-methyl/N-ethyl adjacent to an activating group) is 1. The second kappa shape index (κ2) is 8.08. The molecule has 1 amide bonds. The number of carbonyl (C=O) groups excluding carboxylic acids is 1. The molecule has 1 aliphatic rings. The normalized spacial score (nSPS) is 17.0. The molecule has 0 bridgehead atoms. The molecule has 124 valence electrons. The number of halogens is 2. The van der Waals surface area contributed by atoms with E-state index in [4.69, 9.17) is 0 Å². The second-order valence-electron chi connectivity index (χ2n) is 5.24. The first kappa shape index (κ1) is 18.2. The standard InChI is InChI=1S/C16H19F2N2OS2/c1-4-22-16-20(8-7-19(2)3)15(21)14(23-16)9-11-5-6-12(17)10-13(11)18/h5-6,9-10H,4,7-8H2,1-3H3/q+1/b14-9-. The molecule has 3 nitrogen and oxygen atoms in total. The average molecular weight is 357 g/mol. The number of hydrogen-bond acceptors (Lipinski definition) is 4. The Bertz CT molecular complexity index is 672. The van der Waals surface area contributed by atoms with Crippen LogP contribution in [0.4, 0.5) is 8.78 Å². The first-order valence-electron chi connectivity index (χ1n) is 7.23. The lowest BCUT2D eigenvalue weighted by Gasteiger charge is -2.06. The van der Waals surface area contributed by atoms with Crippen molar-refractivity contribution in [3.63, 3.8) is 0 Å². The van der Waals surface area contributed by atoms with Gasteiger partial charge < -0.3 is 4.90 Å². The number of carbonyl (C=O) groups is 1. The Kier molecular flexibility index (Phi) is 6.38. The summed E-state index contributed by atoms with van der Waals surface area (Å²) in [5, 5.41) is 0. The Labute approximate surface area is 143 Å². The van der Waals surface area contributed by atoms with E-state index in [1.54, 1.807) is 16.3 Å². The Hall–Kier alpha value is -1.18. The largest absolute Gasteiger partial charge is 0.427 e. The fourth-order valence-corrected chi connectivity index (χ4v) is 4.27. The summed E-state index contributed by atoms with van der Waals surface area (Å²) in [6, 6.07) is 3.36. The van der Waals surface area contributed by atoms with Gasteiger partial charge >= 0.3 is 5.91 Å². The van der Waals surface area contributed by atoms with Crippen molar-refractivity contribution < 1.29 is 18.2 Å².